The summed E-state index contributed by atoms with van der Waals surface area (Å²) in [6.45, 7) is 0.146. The highest BCUT2D eigenvalue weighted by molar-refractivity contribution is 6.05. The van der Waals surface area contributed by atoms with E-state index in [0.717, 1.165) is 0 Å². The van der Waals surface area contributed by atoms with E-state index in [9.17, 15) is 18.8 Å². The van der Waals surface area contributed by atoms with Crippen LogP contribution in [0.4, 0.5) is 4.39 Å². The number of nitrogens with one attached hydrogen (secondary N) is 2. The summed E-state index contributed by atoms with van der Waals surface area (Å²) in [5, 5.41) is 13.8. The molecule has 7 heteroatoms. The number of hydrogen-bond donors (Lipinski definition) is 3. The Labute approximate surface area is 155 Å². The van der Waals surface area contributed by atoms with Gasteiger partial charge in [0.2, 0.25) is 0 Å². The van der Waals surface area contributed by atoms with Gasteiger partial charge in [0, 0.05) is 18.5 Å². The lowest BCUT2D eigenvalue weighted by molar-refractivity contribution is -0.137. The molecule has 0 aliphatic rings. The van der Waals surface area contributed by atoms with E-state index in [1.807, 2.05) is 0 Å². The minimum atomic E-state index is -0.955. The molecule has 2 aromatic carbocycles. The first-order chi connectivity index (χ1) is 13.0. The van der Waals surface area contributed by atoms with Gasteiger partial charge in [0.25, 0.3) is 11.8 Å². The van der Waals surface area contributed by atoms with E-state index in [1.165, 1.54) is 30.3 Å². The lowest BCUT2D eigenvalue weighted by Crippen LogP contribution is -2.35. The van der Waals surface area contributed by atoms with E-state index >= 15 is 0 Å². The molecule has 2 amide bonds. The van der Waals surface area contributed by atoms with Crippen molar-refractivity contribution in [2.45, 2.75) is 12.8 Å². The van der Waals surface area contributed by atoms with Gasteiger partial charge in [0.05, 0.1) is 0 Å². The number of rotatable bonds is 8. The number of carbonyl (C=O) groups excluding carboxylic acids is 2. The predicted octanol–water partition coefficient (Wildman–Crippen LogP) is 2.58. The van der Waals surface area contributed by atoms with Crippen LogP contribution in [0.5, 0.6) is 0 Å². The van der Waals surface area contributed by atoms with E-state index in [1.54, 1.807) is 30.3 Å². The summed E-state index contributed by atoms with van der Waals surface area (Å²) in [4.78, 5) is 35.3. The van der Waals surface area contributed by atoms with Crippen molar-refractivity contribution in [3.05, 3.63) is 77.2 Å². The Morgan fingerprint density at radius 1 is 1.00 bits per heavy atom. The Bertz CT molecular complexity index is 833. The standard InChI is InChI=1S/C20H19FN2O4/c21-16-10-8-14(9-11-16)13-17(20(27)22-12-4-7-18(24)25)23-19(26)15-5-2-1-3-6-15/h1-3,5-6,8-11,13H,4,7,12H2,(H,22,27)(H,23,26)(H,24,25). The third-order valence-corrected chi connectivity index (χ3v) is 3.56. The topological polar surface area (TPSA) is 95.5 Å². The predicted molar refractivity (Wildman–Crippen MR) is 98.2 cm³/mol. The largest absolute Gasteiger partial charge is 0.481 e. The summed E-state index contributed by atoms with van der Waals surface area (Å²) >= 11 is 0. The zero-order valence-corrected chi connectivity index (χ0v) is 14.4. The number of aliphatic carboxylic acids is 1. The van der Waals surface area contributed by atoms with Crippen molar-refractivity contribution in [1.82, 2.24) is 10.6 Å². The van der Waals surface area contributed by atoms with Crippen LogP contribution in [0.1, 0.15) is 28.8 Å². The van der Waals surface area contributed by atoms with Crippen molar-refractivity contribution in [3.63, 3.8) is 0 Å². The summed E-state index contributed by atoms with van der Waals surface area (Å²) in [5.74, 6) is -2.40. The Morgan fingerprint density at radius 2 is 1.67 bits per heavy atom. The number of halogens is 1. The van der Waals surface area contributed by atoms with Crippen molar-refractivity contribution >= 4 is 23.9 Å². The van der Waals surface area contributed by atoms with E-state index < -0.39 is 23.6 Å². The van der Waals surface area contributed by atoms with Crippen LogP contribution in [-0.4, -0.2) is 29.4 Å². The molecule has 3 N–H and O–H groups in total. The molecule has 6 nitrogen and oxygen atoms in total. The zero-order chi connectivity index (χ0) is 19.6. The first-order valence-electron chi connectivity index (χ1n) is 8.29. The molecule has 140 valence electrons. The van der Waals surface area contributed by atoms with Gasteiger partial charge in [-0.25, -0.2) is 4.39 Å². The number of carboxylic acid groups (broad SMARTS) is 1. The first kappa shape index (κ1) is 19.8. The summed E-state index contributed by atoms with van der Waals surface area (Å²) in [7, 11) is 0. The molecule has 0 atom stereocenters. The summed E-state index contributed by atoms with van der Waals surface area (Å²) < 4.78 is 13.1. The van der Waals surface area contributed by atoms with E-state index in [4.69, 9.17) is 5.11 Å². The lowest BCUT2D eigenvalue weighted by atomic mass is 10.1. The molecule has 0 aliphatic heterocycles. The van der Waals surface area contributed by atoms with Crippen molar-refractivity contribution in [2.75, 3.05) is 6.54 Å². The SMILES string of the molecule is O=C(O)CCCNC(=O)C(=Cc1ccc(F)cc1)NC(=O)c1ccccc1. The molecule has 0 unspecified atom stereocenters. The fourth-order valence-electron chi connectivity index (χ4n) is 2.20. The van der Waals surface area contributed by atoms with Gasteiger partial charge in [0.15, 0.2) is 0 Å². The second-order valence-electron chi connectivity index (χ2n) is 5.68. The van der Waals surface area contributed by atoms with Crippen LogP contribution < -0.4 is 10.6 Å². The van der Waals surface area contributed by atoms with Crippen LogP contribution in [0.2, 0.25) is 0 Å². The molecule has 0 fully saturated rings. The third-order valence-electron chi connectivity index (χ3n) is 3.56. The van der Waals surface area contributed by atoms with Gasteiger partial charge in [-0.3, -0.25) is 14.4 Å². The van der Waals surface area contributed by atoms with Gasteiger partial charge in [-0.2, -0.15) is 0 Å². The molecule has 2 rings (SSSR count). The molecule has 0 saturated heterocycles. The summed E-state index contributed by atoms with van der Waals surface area (Å²) in [5.41, 5.74) is 0.882. The van der Waals surface area contributed by atoms with Crippen LogP contribution >= 0.6 is 0 Å². The van der Waals surface area contributed by atoms with Gasteiger partial charge in [-0.15, -0.1) is 0 Å². The summed E-state index contributed by atoms with van der Waals surface area (Å²) in [6.07, 6.45) is 1.61. The lowest BCUT2D eigenvalue weighted by Gasteiger charge is -2.11. The Kier molecular flexibility index (Phi) is 7.25. The number of carbonyl (C=O) groups is 3. The van der Waals surface area contributed by atoms with Gasteiger partial charge in [-0.05, 0) is 42.3 Å². The highest BCUT2D eigenvalue weighted by Gasteiger charge is 2.14. The average Bonchev–Trinajstić information content (AvgIpc) is 2.66. The highest BCUT2D eigenvalue weighted by Crippen LogP contribution is 2.09. The van der Waals surface area contributed by atoms with Gasteiger partial charge in [-0.1, -0.05) is 30.3 Å². The maximum Gasteiger partial charge on any atom is 0.303 e. The second kappa shape index (κ2) is 9.86. The molecule has 0 radical (unpaired) electrons. The van der Waals surface area contributed by atoms with Crippen LogP contribution in [0.3, 0.4) is 0 Å². The molecule has 0 saturated carbocycles. The normalized spacial score (nSPS) is 10.9. The van der Waals surface area contributed by atoms with Crippen LogP contribution in [0, 0.1) is 5.82 Å². The molecule has 2 aromatic rings. The fourth-order valence-corrected chi connectivity index (χ4v) is 2.20. The Balaban J connectivity index is 2.14. The second-order valence-corrected chi connectivity index (χ2v) is 5.68. The van der Waals surface area contributed by atoms with Crippen LogP contribution in [0.25, 0.3) is 6.08 Å². The van der Waals surface area contributed by atoms with Crippen LogP contribution in [-0.2, 0) is 9.59 Å². The third kappa shape index (κ3) is 6.74. The van der Waals surface area contributed by atoms with E-state index in [2.05, 4.69) is 10.6 Å². The number of carboxylic acids is 1. The Morgan fingerprint density at radius 3 is 2.30 bits per heavy atom. The minimum absolute atomic E-state index is 0.0224. The zero-order valence-electron chi connectivity index (χ0n) is 14.4. The molecule has 0 bridgehead atoms. The monoisotopic (exact) mass is 370 g/mol. The smallest absolute Gasteiger partial charge is 0.303 e. The van der Waals surface area contributed by atoms with Crippen molar-refractivity contribution < 1.29 is 23.9 Å². The molecule has 0 spiro atoms. The minimum Gasteiger partial charge on any atom is -0.481 e. The Hall–Kier alpha value is -3.48. The molecule has 0 aromatic heterocycles. The first-order valence-corrected chi connectivity index (χ1v) is 8.29. The van der Waals surface area contributed by atoms with Crippen molar-refractivity contribution in [2.24, 2.45) is 0 Å². The molecular formula is C20H19FN2O4. The number of hydrogen-bond acceptors (Lipinski definition) is 3. The molecule has 27 heavy (non-hydrogen) atoms. The highest BCUT2D eigenvalue weighted by atomic mass is 19.1. The van der Waals surface area contributed by atoms with Crippen LogP contribution in [0.15, 0.2) is 60.3 Å². The average molecular weight is 370 g/mol. The molecule has 0 aliphatic carbocycles. The molecular weight excluding hydrogens is 351 g/mol. The van der Waals surface area contributed by atoms with E-state index in [0.29, 0.717) is 11.1 Å². The quantitative estimate of drug-likeness (QED) is 0.492. The fraction of sp³-hybridized carbons (Fsp3) is 0.150. The maximum absolute atomic E-state index is 13.1. The van der Waals surface area contributed by atoms with Crippen molar-refractivity contribution in [1.29, 1.82) is 0 Å². The van der Waals surface area contributed by atoms with E-state index in [-0.39, 0.29) is 25.1 Å². The summed E-state index contributed by atoms with van der Waals surface area (Å²) in [6, 6.07) is 13.8. The van der Waals surface area contributed by atoms with Gasteiger partial charge >= 0.3 is 5.97 Å². The molecule has 0 heterocycles. The number of amides is 2. The van der Waals surface area contributed by atoms with Crippen molar-refractivity contribution in [3.8, 4) is 0 Å². The number of benzene rings is 2. The van der Waals surface area contributed by atoms with Gasteiger partial charge in [0.1, 0.15) is 11.5 Å². The maximum atomic E-state index is 13.1. The van der Waals surface area contributed by atoms with Gasteiger partial charge < -0.3 is 15.7 Å².